The van der Waals surface area contributed by atoms with E-state index in [9.17, 15) is 9.18 Å². The maximum atomic E-state index is 13.6. The monoisotopic (exact) mass is 516 g/mol. The number of amides is 1. The Kier molecular flexibility index (Phi) is 7.16. The predicted molar refractivity (Wildman–Crippen MR) is 140 cm³/mol. The highest BCUT2D eigenvalue weighted by atomic mass is 19.1. The number of likely N-dealkylation sites (tertiary alicyclic amines) is 1. The third-order valence-electron chi connectivity index (χ3n) is 7.09. The number of aromatic nitrogens is 1. The Labute approximate surface area is 220 Å². The predicted octanol–water partition coefficient (Wildman–Crippen LogP) is 5.48. The standard InChI is InChI=1S/C29H29FN4O4/c1-17-26(18(2)38-33-17)22-15-25-23(14-24(22)36-13-12-34-10-8-19(16-31)9-11-34)27(29(35)32-3)28(37-25)20-4-6-21(30)7-5-20/h4-7,14-15,19H,8-13H2,1-3H3,(H,32,35). The summed E-state index contributed by atoms with van der Waals surface area (Å²) in [5.74, 6) is 0.999. The Bertz CT molecular complexity index is 1490. The van der Waals surface area contributed by atoms with Crippen LogP contribution in [0.3, 0.4) is 0 Å². The van der Waals surface area contributed by atoms with E-state index in [2.05, 4.69) is 21.4 Å². The Hall–Kier alpha value is -4.16. The number of nitriles is 1. The molecule has 3 heterocycles. The van der Waals surface area contributed by atoms with Crippen LogP contribution in [0, 0.1) is 36.9 Å². The molecule has 196 valence electrons. The highest BCUT2D eigenvalue weighted by molar-refractivity contribution is 6.12. The van der Waals surface area contributed by atoms with Gasteiger partial charge in [0, 0.05) is 36.0 Å². The molecule has 0 saturated carbocycles. The van der Waals surface area contributed by atoms with Crippen LogP contribution in [0.4, 0.5) is 4.39 Å². The number of aryl methyl sites for hydroxylation is 2. The van der Waals surface area contributed by atoms with Gasteiger partial charge in [0.2, 0.25) is 0 Å². The van der Waals surface area contributed by atoms with Crippen molar-refractivity contribution >= 4 is 16.9 Å². The average Bonchev–Trinajstić information content (AvgIpc) is 3.47. The molecule has 0 spiro atoms. The summed E-state index contributed by atoms with van der Waals surface area (Å²) in [6.45, 7) is 6.57. The number of nitrogens with zero attached hydrogens (tertiary/aromatic N) is 3. The zero-order chi connectivity index (χ0) is 26.8. The van der Waals surface area contributed by atoms with Gasteiger partial charge in [-0.05, 0) is 76.2 Å². The molecule has 1 aliphatic rings. The van der Waals surface area contributed by atoms with Crippen LogP contribution in [0.15, 0.2) is 45.3 Å². The minimum absolute atomic E-state index is 0.125. The van der Waals surface area contributed by atoms with Crippen molar-refractivity contribution in [1.29, 1.82) is 5.26 Å². The number of ether oxygens (including phenoxy) is 1. The number of fused-ring (bicyclic) bond motifs is 1. The lowest BCUT2D eigenvalue weighted by Crippen LogP contribution is -2.36. The number of hydrogen-bond donors (Lipinski definition) is 1. The first-order valence-electron chi connectivity index (χ1n) is 12.7. The van der Waals surface area contributed by atoms with E-state index >= 15 is 0 Å². The lowest BCUT2D eigenvalue weighted by atomic mass is 9.98. The van der Waals surface area contributed by atoms with E-state index < -0.39 is 0 Å². The van der Waals surface area contributed by atoms with Crippen LogP contribution in [0.25, 0.3) is 33.4 Å². The summed E-state index contributed by atoms with van der Waals surface area (Å²) in [7, 11) is 1.56. The third-order valence-corrected chi connectivity index (χ3v) is 7.09. The van der Waals surface area contributed by atoms with Gasteiger partial charge in [-0.25, -0.2) is 4.39 Å². The highest BCUT2D eigenvalue weighted by Gasteiger charge is 2.26. The second kappa shape index (κ2) is 10.7. The molecular formula is C29H29FN4O4. The van der Waals surface area contributed by atoms with E-state index in [1.165, 1.54) is 12.1 Å². The van der Waals surface area contributed by atoms with Crippen LogP contribution >= 0.6 is 0 Å². The molecule has 1 N–H and O–H groups in total. The summed E-state index contributed by atoms with van der Waals surface area (Å²) >= 11 is 0. The molecule has 0 bridgehead atoms. The number of carbonyl (C=O) groups is 1. The Morgan fingerprint density at radius 3 is 2.61 bits per heavy atom. The first-order valence-corrected chi connectivity index (χ1v) is 12.7. The molecule has 1 saturated heterocycles. The minimum atomic E-state index is -0.375. The smallest absolute Gasteiger partial charge is 0.255 e. The van der Waals surface area contributed by atoms with Gasteiger partial charge in [-0.1, -0.05) is 5.16 Å². The molecule has 5 rings (SSSR count). The number of nitrogens with one attached hydrogen (secondary N) is 1. The summed E-state index contributed by atoms with van der Waals surface area (Å²) in [5.41, 5.74) is 3.69. The van der Waals surface area contributed by atoms with Crippen molar-refractivity contribution in [3.05, 3.63) is 59.2 Å². The van der Waals surface area contributed by atoms with Crippen molar-refractivity contribution in [3.63, 3.8) is 0 Å². The van der Waals surface area contributed by atoms with Crippen LogP contribution in [0.2, 0.25) is 0 Å². The van der Waals surface area contributed by atoms with Crippen LogP contribution in [0.5, 0.6) is 5.75 Å². The quantitative estimate of drug-likeness (QED) is 0.347. The third kappa shape index (κ3) is 4.87. The molecule has 0 aliphatic carbocycles. The van der Waals surface area contributed by atoms with E-state index in [0.29, 0.717) is 58.2 Å². The van der Waals surface area contributed by atoms with Crippen LogP contribution in [-0.4, -0.2) is 49.3 Å². The molecule has 0 radical (unpaired) electrons. The molecule has 4 aromatic rings. The number of furan rings is 1. The minimum Gasteiger partial charge on any atom is -0.492 e. The number of benzene rings is 2. The van der Waals surface area contributed by atoms with E-state index in [0.717, 1.165) is 37.1 Å². The fourth-order valence-electron chi connectivity index (χ4n) is 5.03. The molecule has 2 aromatic heterocycles. The Balaban J connectivity index is 1.56. The highest BCUT2D eigenvalue weighted by Crippen LogP contribution is 2.42. The summed E-state index contributed by atoms with van der Waals surface area (Å²) in [4.78, 5) is 15.3. The van der Waals surface area contributed by atoms with E-state index in [1.54, 1.807) is 19.2 Å². The topological polar surface area (TPSA) is 105 Å². The van der Waals surface area contributed by atoms with Crippen LogP contribution in [0.1, 0.15) is 34.7 Å². The average molecular weight is 517 g/mol. The van der Waals surface area contributed by atoms with Crippen LogP contribution < -0.4 is 10.1 Å². The number of hydrogen-bond acceptors (Lipinski definition) is 7. The van der Waals surface area contributed by atoms with Gasteiger partial charge in [0.1, 0.15) is 35.3 Å². The van der Waals surface area contributed by atoms with E-state index in [-0.39, 0.29) is 17.6 Å². The number of piperidine rings is 1. The lowest BCUT2D eigenvalue weighted by molar-refractivity contribution is 0.0964. The van der Waals surface area contributed by atoms with Gasteiger partial charge >= 0.3 is 0 Å². The lowest BCUT2D eigenvalue weighted by Gasteiger charge is -2.28. The van der Waals surface area contributed by atoms with Crippen molar-refractivity contribution in [3.8, 4) is 34.3 Å². The number of halogens is 1. The fraction of sp³-hybridized carbons (Fsp3) is 0.345. The van der Waals surface area contributed by atoms with Crippen molar-refractivity contribution in [2.75, 3.05) is 33.3 Å². The van der Waals surface area contributed by atoms with E-state index in [4.69, 9.17) is 18.9 Å². The molecule has 38 heavy (non-hydrogen) atoms. The van der Waals surface area contributed by atoms with Crippen molar-refractivity contribution in [2.45, 2.75) is 26.7 Å². The first-order chi connectivity index (χ1) is 18.4. The molecule has 0 atom stereocenters. The molecule has 2 aromatic carbocycles. The summed E-state index contributed by atoms with van der Waals surface area (Å²) in [5, 5.41) is 16.5. The van der Waals surface area contributed by atoms with Gasteiger partial charge in [-0.15, -0.1) is 0 Å². The Morgan fingerprint density at radius 2 is 1.97 bits per heavy atom. The van der Waals surface area contributed by atoms with E-state index in [1.807, 2.05) is 26.0 Å². The maximum absolute atomic E-state index is 13.6. The summed E-state index contributed by atoms with van der Waals surface area (Å²) in [6.07, 6.45) is 1.73. The summed E-state index contributed by atoms with van der Waals surface area (Å²) < 4.78 is 31.6. The van der Waals surface area contributed by atoms with Crippen LogP contribution in [-0.2, 0) is 0 Å². The molecule has 1 amide bonds. The number of rotatable bonds is 7. The maximum Gasteiger partial charge on any atom is 0.255 e. The van der Waals surface area contributed by atoms with Gasteiger partial charge in [0.15, 0.2) is 0 Å². The zero-order valence-corrected chi connectivity index (χ0v) is 21.6. The SMILES string of the molecule is CNC(=O)c1c(-c2ccc(F)cc2)oc2cc(-c3c(C)noc3C)c(OCCN3CCC(C#N)CC3)cc12. The zero-order valence-electron chi connectivity index (χ0n) is 21.6. The molecule has 1 fully saturated rings. The van der Waals surface area contributed by atoms with Crippen molar-refractivity contribution in [2.24, 2.45) is 5.92 Å². The van der Waals surface area contributed by atoms with Crippen molar-refractivity contribution < 1.29 is 22.9 Å². The Morgan fingerprint density at radius 1 is 1.24 bits per heavy atom. The summed E-state index contributed by atoms with van der Waals surface area (Å²) in [6, 6.07) is 11.9. The van der Waals surface area contributed by atoms with Crippen molar-refractivity contribution in [1.82, 2.24) is 15.4 Å². The number of carbonyl (C=O) groups excluding carboxylic acids is 1. The first kappa shape index (κ1) is 25.5. The molecule has 0 unspecified atom stereocenters. The molecule has 1 aliphatic heterocycles. The molecule has 8 nitrogen and oxygen atoms in total. The van der Waals surface area contributed by atoms with Gasteiger partial charge in [0.05, 0.1) is 22.9 Å². The fourth-order valence-corrected chi connectivity index (χ4v) is 5.03. The molecular weight excluding hydrogens is 487 g/mol. The molecule has 9 heteroatoms. The van der Waals surface area contributed by atoms with Gasteiger partial charge < -0.3 is 19.0 Å². The second-order valence-corrected chi connectivity index (χ2v) is 9.53. The largest absolute Gasteiger partial charge is 0.492 e. The second-order valence-electron chi connectivity index (χ2n) is 9.53. The normalized spacial score (nSPS) is 14.5. The van der Waals surface area contributed by atoms with Gasteiger partial charge in [-0.2, -0.15) is 5.26 Å². The van der Waals surface area contributed by atoms with Gasteiger partial charge in [-0.3, -0.25) is 9.69 Å². The van der Waals surface area contributed by atoms with Gasteiger partial charge in [0.25, 0.3) is 5.91 Å².